The average Bonchev–Trinajstić information content (AvgIpc) is 0.766. The molecule has 11 N–H and O–H groups in total. The van der Waals surface area contributed by atoms with Crippen LogP contribution in [-0.2, 0) is 61.2 Å². The third kappa shape index (κ3) is 35.1. The number of ether oxygens (including phenoxy) is 7. The van der Waals surface area contributed by atoms with E-state index in [1.165, 1.54) is 122 Å². The Morgan fingerprint density at radius 2 is 0.745 bits per heavy atom. The van der Waals surface area contributed by atoms with E-state index in [-0.39, 0.29) is 19.3 Å². The number of allylic oxidation sites excluding steroid dienone is 2. The molecule has 0 aromatic rings. The van der Waals surface area contributed by atoms with Crippen LogP contribution in [0.5, 0.6) is 0 Å². The van der Waals surface area contributed by atoms with Crippen molar-refractivity contribution in [3.8, 4) is 0 Å². The molecule has 18 unspecified atom stereocenters. The summed E-state index contributed by atoms with van der Waals surface area (Å²) in [7, 11) is -5.69. The minimum Gasteiger partial charge on any atom is -0.463 e. The molecule has 2 heterocycles. The van der Waals surface area contributed by atoms with Crippen LogP contribution in [0, 0.1) is 0 Å². The van der Waals surface area contributed by atoms with Gasteiger partial charge in [-0.05, 0) is 44.9 Å². The number of unbranched alkanes of at least 4 members (excludes halogenated alkanes) is 33. The van der Waals surface area contributed by atoms with Crippen LogP contribution in [-0.4, -0.2) is 204 Å². The van der Waals surface area contributed by atoms with Crippen molar-refractivity contribution in [2.75, 3.05) is 26.4 Å². The van der Waals surface area contributed by atoms with Crippen molar-refractivity contribution in [1.29, 1.82) is 0 Å². The summed E-state index contributed by atoms with van der Waals surface area (Å²) in [5.74, 6) is -2.00. The fraction of sp³-hybridized carbons (Fsp3) is 0.928. The number of aliphatic hydroxyl groups is 10. The smallest absolute Gasteiger partial charge is 0.463 e. The summed E-state index contributed by atoms with van der Waals surface area (Å²) in [5, 5.41) is 110. The van der Waals surface area contributed by atoms with Gasteiger partial charge in [-0.1, -0.05) is 226 Å². The van der Waals surface area contributed by atoms with E-state index in [2.05, 4.69) is 32.9 Å². The van der Waals surface area contributed by atoms with E-state index in [1.807, 2.05) is 0 Å². The fourth-order valence-corrected chi connectivity index (χ4v) is 13.0. The monoisotopic (exact) mass is 1370 g/mol. The molecule has 0 aromatic carbocycles. The van der Waals surface area contributed by atoms with Crippen molar-refractivity contribution in [1.82, 2.24) is 0 Å². The molecule has 1 aliphatic carbocycles. The quantitative estimate of drug-likeness (QED) is 0.00888. The molecule has 18 atom stereocenters. The maximum absolute atomic E-state index is 14.3. The molecule has 0 spiro atoms. The van der Waals surface area contributed by atoms with E-state index in [1.54, 1.807) is 0 Å². The normalized spacial score (nSPS) is 28.3. The Balaban J connectivity index is 1.75. The van der Waals surface area contributed by atoms with E-state index >= 15 is 0 Å². The summed E-state index contributed by atoms with van der Waals surface area (Å²) >= 11 is 0. The molecule has 3 aliphatic rings. The minimum absolute atomic E-state index is 0.0318. The van der Waals surface area contributed by atoms with Gasteiger partial charge in [0.2, 0.25) is 0 Å². The molecule has 2 aliphatic heterocycles. The number of hydrogen-bond donors (Lipinski definition) is 11. The molecule has 2 saturated heterocycles. The second kappa shape index (κ2) is 51.8. The summed E-state index contributed by atoms with van der Waals surface area (Å²) in [6.45, 7) is 3.41. The van der Waals surface area contributed by atoms with Crippen molar-refractivity contribution in [3.05, 3.63) is 12.2 Å². The van der Waals surface area contributed by atoms with Crippen LogP contribution < -0.4 is 0 Å². The molecule has 0 bridgehead atoms. The number of phosphoric ester groups is 1. The van der Waals surface area contributed by atoms with Gasteiger partial charge in [0.1, 0.15) is 98.7 Å². The lowest BCUT2D eigenvalue weighted by atomic mass is 9.84. The number of rotatable bonds is 56. The molecule has 552 valence electrons. The highest BCUT2D eigenvalue weighted by atomic mass is 31.2. The third-order valence-electron chi connectivity index (χ3n) is 18.0. The van der Waals surface area contributed by atoms with Crippen LogP contribution in [0.1, 0.15) is 278 Å². The molecular weight excluding hydrogens is 1240 g/mol. The maximum Gasteiger partial charge on any atom is 0.472 e. The largest absolute Gasteiger partial charge is 0.472 e. The number of aliphatic hydroxyl groups excluding tert-OH is 10. The molecule has 1 saturated carbocycles. The molecule has 0 aromatic heterocycles. The van der Waals surface area contributed by atoms with Gasteiger partial charge >= 0.3 is 25.7 Å². The lowest BCUT2D eigenvalue weighted by Crippen LogP contribution is -2.69. The average molecular weight is 1370 g/mol. The predicted molar refractivity (Wildman–Crippen MR) is 352 cm³/mol. The van der Waals surface area contributed by atoms with Gasteiger partial charge in [0.15, 0.2) is 18.7 Å². The SMILES string of the molecule is CCCCCCCC/C=C\CCCCCC(=O)OC(COC(=O)CCCCCCCCCCCCCC)COP(=O)(O)OC1C(OC2OC(CO)C(O)C(O)C2O)C(O)C(O)C(O)C1OC1OC(COC(=O)CCCCCCCCCCCCCCCC)C(O)C(O)C1O. The van der Waals surface area contributed by atoms with E-state index < -0.39 is 156 Å². The Kier molecular flexibility index (Phi) is 47.3. The fourth-order valence-electron chi connectivity index (χ4n) is 12.0. The van der Waals surface area contributed by atoms with Crippen LogP contribution in [0.25, 0.3) is 0 Å². The second-order valence-corrected chi connectivity index (χ2v) is 27.7. The van der Waals surface area contributed by atoms with Gasteiger partial charge in [-0.2, -0.15) is 0 Å². The maximum atomic E-state index is 14.3. The van der Waals surface area contributed by atoms with E-state index in [4.69, 9.17) is 42.2 Å². The molecule has 24 nitrogen and oxygen atoms in total. The van der Waals surface area contributed by atoms with Crippen LogP contribution in [0.4, 0.5) is 0 Å². The van der Waals surface area contributed by atoms with Gasteiger partial charge in [0, 0.05) is 19.3 Å². The predicted octanol–water partition coefficient (Wildman–Crippen LogP) is 9.18. The molecular formula is C69H127O24P. The van der Waals surface area contributed by atoms with Crippen LogP contribution >= 0.6 is 7.82 Å². The lowest BCUT2D eigenvalue weighted by molar-refractivity contribution is -0.360. The summed E-state index contributed by atoms with van der Waals surface area (Å²) < 4.78 is 64.9. The van der Waals surface area contributed by atoms with Gasteiger partial charge < -0.3 is 89.1 Å². The first-order valence-electron chi connectivity index (χ1n) is 36.5. The first-order chi connectivity index (χ1) is 45.3. The zero-order chi connectivity index (χ0) is 68.9. The van der Waals surface area contributed by atoms with E-state index in [0.29, 0.717) is 25.7 Å². The van der Waals surface area contributed by atoms with Crippen molar-refractivity contribution < 1.29 is 117 Å². The number of carbonyl (C=O) groups is 3. The van der Waals surface area contributed by atoms with Gasteiger partial charge in [-0.15, -0.1) is 0 Å². The molecule has 3 fully saturated rings. The molecule has 94 heavy (non-hydrogen) atoms. The highest BCUT2D eigenvalue weighted by Crippen LogP contribution is 2.49. The number of carbonyl (C=O) groups excluding carboxylic acids is 3. The zero-order valence-corrected chi connectivity index (χ0v) is 58.2. The van der Waals surface area contributed by atoms with Crippen molar-refractivity contribution in [2.45, 2.75) is 382 Å². The van der Waals surface area contributed by atoms with Crippen LogP contribution in [0.15, 0.2) is 12.2 Å². The topological polar surface area (TPSA) is 374 Å². The summed E-state index contributed by atoms with van der Waals surface area (Å²) in [6, 6.07) is 0. The van der Waals surface area contributed by atoms with Crippen molar-refractivity contribution in [3.63, 3.8) is 0 Å². The first kappa shape index (κ1) is 85.9. The van der Waals surface area contributed by atoms with Crippen LogP contribution in [0.2, 0.25) is 0 Å². The summed E-state index contributed by atoms with van der Waals surface area (Å²) in [4.78, 5) is 50.8. The third-order valence-corrected chi connectivity index (χ3v) is 19.0. The summed E-state index contributed by atoms with van der Waals surface area (Å²) in [6.07, 6.45) is 8.72. The Bertz CT molecular complexity index is 2010. The van der Waals surface area contributed by atoms with Crippen molar-refractivity contribution >= 4 is 25.7 Å². The van der Waals surface area contributed by atoms with Crippen molar-refractivity contribution in [2.24, 2.45) is 0 Å². The van der Waals surface area contributed by atoms with Gasteiger partial charge in [-0.25, -0.2) is 4.57 Å². The Morgan fingerprint density at radius 1 is 0.404 bits per heavy atom. The van der Waals surface area contributed by atoms with Crippen LogP contribution in [0.3, 0.4) is 0 Å². The molecule has 25 heteroatoms. The summed E-state index contributed by atoms with van der Waals surface area (Å²) in [5.41, 5.74) is 0. The van der Waals surface area contributed by atoms with E-state index in [0.717, 1.165) is 89.9 Å². The lowest BCUT2D eigenvalue weighted by Gasteiger charge is -2.49. The highest BCUT2D eigenvalue weighted by Gasteiger charge is 2.58. The van der Waals surface area contributed by atoms with Gasteiger partial charge in [-0.3, -0.25) is 23.4 Å². The van der Waals surface area contributed by atoms with Gasteiger partial charge in [0.25, 0.3) is 0 Å². The number of hydrogen-bond acceptors (Lipinski definition) is 23. The number of esters is 3. The van der Waals surface area contributed by atoms with E-state index in [9.17, 15) is 74.9 Å². The Morgan fingerprint density at radius 3 is 1.16 bits per heavy atom. The zero-order valence-electron chi connectivity index (χ0n) is 57.3. The standard InChI is InChI=1S/C69H127O24P/c1-4-7-10-13-16-19-22-25-27-29-32-35-38-41-44-54(72)86-49-52-57(75)59(77)64(82)69(90-52)92-66-62(80)60(78)61(79)65(91-68-63(81)58(76)56(74)51(46-70)89-68)67(66)93-94(83,84)87-48-50(47-85-53(71)43-40-37-34-31-28-24-21-18-15-12-9-6-3)88-55(73)45-42-39-36-33-30-26-23-20-17-14-11-8-5-2/h26,30,50-52,56-70,74-82H,4-25,27-29,31-49H2,1-3H3,(H,83,84)/b30-26-. The van der Waals surface area contributed by atoms with Gasteiger partial charge in [0.05, 0.1) is 13.2 Å². The first-order valence-corrected chi connectivity index (χ1v) is 38.0. The highest BCUT2D eigenvalue weighted by molar-refractivity contribution is 7.47. The molecule has 3 rings (SSSR count). The number of phosphoric acid groups is 1. The Labute approximate surface area is 561 Å². The second-order valence-electron chi connectivity index (χ2n) is 26.3. The minimum atomic E-state index is -5.69. The Hall–Kier alpha value is -2.30. The molecule has 0 radical (unpaired) electrons. The molecule has 0 amide bonds.